The fourth-order valence-corrected chi connectivity index (χ4v) is 7.13. The van der Waals surface area contributed by atoms with Gasteiger partial charge in [-0.05, 0) is 71.7 Å². The van der Waals surface area contributed by atoms with Crippen LogP contribution in [-0.4, -0.2) is 13.7 Å². The van der Waals surface area contributed by atoms with Gasteiger partial charge < -0.3 is 13.7 Å². The van der Waals surface area contributed by atoms with Crippen LogP contribution in [-0.2, 0) is 0 Å². The molecule has 0 N–H and O–H groups in total. The summed E-state index contributed by atoms with van der Waals surface area (Å²) in [6, 6.07) is 8.47. The van der Waals surface area contributed by atoms with E-state index in [4.69, 9.17) is 15.1 Å². The van der Waals surface area contributed by atoms with Crippen molar-refractivity contribution < 1.29 is 26.0 Å². The van der Waals surface area contributed by atoms with Crippen molar-refractivity contribution in [1.29, 1.82) is 0 Å². The van der Waals surface area contributed by atoms with Gasteiger partial charge in [-0.3, -0.25) is 0 Å². The highest BCUT2D eigenvalue weighted by atomic mass is 15.0. The first-order chi connectivity index (χ1) is 33.3. The molecule has 0 fully saturated rings. The molecule has 51 heavy (non-hydrogen) atoms. The molecule has 0 saturated heterocycles. The van der Waals surface area contributed by atoms with Gasteiger partial charge in [-0.1, -0.05) is 127 Å². The maximum Gasteiger partial charge on any atom is 0.0667 e. The van der Waals surface area contributed by atoms with E-state index in [1.165, 1.54) is 4.57 Å². The number of aromatic nitrogens is 3. The predicted molar refractivity (Wildman–Crippen MR) is 215 cm³/mol. The van der Waals surface area contributed by atoms with Gasteiger partial charge >= 0.3 is 0 Å². The molecule has 0 unspecified atom stereocenters. The van der Waals surface area contributed by atoms with Crippen LogP contribution in [0, 0.1) is 0 Å². The number of hydrogen-bond acceptors (Lipinski definition) is 0. The van der Waals surface area contributed by atoms with Gasteiger partial charge in [-0.2, -0.15) is 0 Å². The smallest absolute Gasteiger partial charge is 0.0667 e. The largest absolute Gasteiger partial charge is 0.309 e. The fourth-order valence-electron chi connectivity index (χ4n) is 7.13. The van der Waals surface area contributed by atoms with E-state index in [0.29, 0.717) is 16.3 Å². The summed E-state index contributed by atoms with van der Waals surface area (Å²) < 4.78 is 177. The maximum absolute atomic E-state index is 10.3. The van der Waals surface area contributed by atoms with Crippen molar-refractivity contribution in [2.45, 2.75) is 0 Å². The van der Waals surface area contributed by atoms with Gasteiger partial charge in [-0.15, -0.1) is 0 Å². The Morgan fingerprint density at radius 1 is 0.333 bits per heavy atom. The highest BCUT2D eigenvalue weighted by molar-refractivity contribution is 6.17. The Hall–Kier alpha value is -6.84. The molecule has 0 aliphatic carbocycles. The van der Waals surface area contributed by atoms with Gasteiger partial charge in [0.15, 0.2) is 0 Å². The summed E-state index contributed by atoms with van der Waals surface area (Å²) in [5.74, 6) is 0. The predicted octanol–water partition coefficient (Wildman–Crippen LogP) is 12.6. The third-order valence-electron chi connectivity index (χ3n) is 9.21. The average Bonchev–Trinajstić information content (AvgIpc) is 4.02. The lowest BCUT2D eigenvalue weighted by Crippen LogP contribution is -1.98. The summed E-state index contributed by atoms with van der Waals surface area (Å²) in [6.45, 7) is 0. The minimum atomic E-state index is -0.777. The molecule has 0 aliphatic rings. The van der Waals surface area contributed by atoms with Crippen molar-refractivity contribution in [3.8, 4) is 28.2 Å². The second-order valence-corrected chi connectivity index (χ2v) is 11.9. The van der Waals surface area contributed by atoms with Crippen LogP contribution in [0.3, 0.4) is 0 Å². The number of hydrogen-bond donors (Lipinski definition) is 0. The summed E-state index contributed by atoms with van der Waals surface area (Å²) in [4.78, 5) is 0. The number of fused-ring (bicyclic) bond motifs is 9. The minimum absolute atomic E-state index is 0.240. The number of benzene rings is 8. The van der Waals surface area contributed by atoms with Crippen LogP contribution >= 0.6 is 0 Å². The first kappa shape index (κ1) is 15.4. The Kier molecular flexibility index (Phi) is 3.26. The van der Waals surface area contributed by atoms with Crippen LogP contribution < -0.4 is 0 Å². The van der Waals surface area contributed by atoms with E-state index in [1.54, 1.807) is 12.1 Å². The zero-order chi connectivity index (χ0) is 50.0. The molecule has 3 aromatic heterocycles. The highest BCUT2D eigenvalue weighted by Gasteiger charge is 2.21. The van der Waals surface area contributed by atoms with Crippen LogP contribution in [0.5, 0.6) is 0 Å². The average molecular weight is 669 g/mol. The standard InChI is InChI=1S/C48H31N3/c1-3-14-32(15-4-1)33-26-28-38-39-29-27-35(50-41-21-10-7-18-36(41)37-19-8-11-22-42(37)50)31-47(39)51(46(38)30-33)45-25-13-24-44-48(45)40-20-9-12-23-43(40)49(44)34-16-5-2-6-17-34/h1-31H/i1D,3D,4D,7D,8D,10D,11D,14D,15D,18D,19D,21D,22D,26D,27D,28D,29D,30D,31D. The SMILES string of the molecule is [2H]c1c([2H])c([2H])c(-c2c([2H])c([2H])c3c4c([2H])c([2H])c(-n5c6c([2H])c([2H])c([2H])c([2H])c6c6c([2H])c([2H])c([2H])c([2H])c65)c([2H])c4n(-c4cccc5c4c4ccccc4n5-c4ccccc4)c3c2[2H])c([2H])c1[2H]. The van der Waals surface area contributed by atoms with Crippen LogP contribution in [0.2, 0.25) is 0 Å². The summed E-state index contributed by atoms with van der Waals surface area (Å²) in [7, 11) is 0. The lowest BCUT2D eigenvalue weighted by molar-refractivity contribution is 1.16. The Bertz CT molecular complexity index is 4120. The second-order valence-electron chi connectivity index (χ2n) is 11.9. The van der Waals surface area contributed by atoms with Gasteiger partial charge in [0.05, 0.1) is 64.8 Å². The van der Waals surface area contributed by atoms with Gasteiger partial charge in [0.2, 0.25) is 0 Å². The third kappa shape index (κ3) is 4.06. The summed E-state index contributed by atoms with van der Waals surface area (Å²) in [6.07, 6.45) is 0. The molecule has 0 bridgehead atoms. The molecule has 0 amide bonds. The Morgan fingerprint density at radius 3 is 1.73 bits per heavy atom. The Balaban J connectivity index is 1.44. The van der Waals surface area contributed by atoms with Gasteiger partial charge in [0.1, 0.15) is 0 Å². The molecule has 0 spiro atoms. The molecular weight excluding hydrogens is 619 g/mol. The van der Waals surface area contributed by atoms with Crippen LogP contribution in [0.4, 0.5) is 0 Å². The quantitative estimate of drug-likeness (QED) is 0.177. The van der Waals surface area contributed by atoms with Crippen molar-refractivity contribution in [1.82, 2.24) is 13.7 Å². The highest BCUT2D eigenvalue weighted by Crippen LogP contribution is 2.42. The van der Waals surface area contributed by atoms with Gasteiger partial charge in [-0.25, -0.2) is 0 Å². The molecule has 238 valence electrons. The molecule has 8 aromatic carbocycles. The van der Waals surface area contributed by atoms with E-state index in [-0.39, 0.29) is 38.3 Å². The van der Waals surface area contributed by atoms with Crippen LogP contribution in [0.15, 0.2) is 188 Å². The summed E-state index contributed by atoms with van der Waals surface area (Å²) >= 11 is 0. The van der Waals surface area contributed by atoms with Gasteiger partial charge in [0, 0.05) is 43.7 Å². The molecule has 0 radical (unpaired) electrons. The third-order valence-corrected chi connectivity index (χ3v) is 9.21. The summed E-state index contributed by atoms with van der Waals surface area (Å²) in [5.41, 5.74) is -0.589. The molecule has 0 saturated carbocycles. The van der Waals surface area contributed by atoms with Crippen molar-refractivity contribution in [2.75, 3.05) is 0 Å². The fraction of sp³-hybridized carbons (Fsp3) is 0. The lowest BCUT2D eigenvalue weighted by atomic mass is 10.0. The topological polar surface area (TPSA) is 14.8 Å². The molecule has 3 nitrogen and oxygen atoms in total. The lowest BCUT2D eigenvalue weighted by Gasteiger charge is -2.13. The zero-order valence-electron chi connectivity index (χ0n) is 45.3. The van der Waals surface area contributed by atoms with Crippen LogP contribution in [0.25, 0.3) is 93.6 Å². The first-order valence-electron chi connectivity index (χ1n) is 25.5. The molecule has 0 atom stereocenters. The first-order valence-corrected chi connectivity index (χ1v) is 16.0. The molecule has 3 heteroatoms. The molecule has 11 rings (SSSR count). The van der Waals surface area contributed by atoms with E-state index in [2.05, 4.69) is 0 Å². The van der Waals surface area contributed by atoms with Crippen molar-refractivity contribution in [3.05, 3.63) is 188 Å². The number of para-hydroxylation sites is 4. The second kappa shape index (κ2) is 10.8. The zero-order valence-corrected chi connectivity index (χ0v) is 26.3. The van der Waals surface area contributed by atoms with Crippen LogP contribution in [0.1, 0.15) is 26.0 Å². The number of rotatable bonds is 4. The van der Waals surface area contributed by atoms with E-state index in [0.717, 1.165) is 15.8 Å². The molecule has 0 aliphatic heterocycles. The van der Waals surface area contributed by atoms with Crippen molar-refractivity contribution in [2.24, 2.45) is 0 Å². The molecular formula is C48H31N3. The van der Waals surface area contributed by atoms with E-state index < -0.39 is 143 Å². The summed E-state index contributed by atoms with van der Waals surface area (Å²) in [5, 5.41) is -0.0235. The van der Waals surface area contributed by atoms with E-state index >= 15 is 0 Å². The molecule has 3 heterocycles. The van der Waals surface area contributed by atoms with Crippen molar-refractivity contribution >= 4 is 65.4 Å². The normalized spacial score (nSPS) is 17.1. The minimum Gasteiger partial charge on any atom is -0.309 e. The Morgan fingerprint density at radius 2 is 0.941 bits per heavy atom. The monoisotopic (exact) mass is 668 g/mol. The number of nitrogens with zero attached hydrogens (tertiary/aromatic N) is 3. The van der Waals surface area contributed by atoms with Crippen molar-refractivity contribution in [3.63, 3.8) is 0 Å². The maximum atomic E-state index is 10.3. The Labute approximate surface area is 321 Å². The van der Waals surface area contributed by atoms with Gasteiger partial charge in [0.25, 0.3) is 0 Å². The van der Waals surface area contributed by atoms with E-state index in [1.807, 2.05) is 65.2 Å². The molecule has 11 aromatic rings. The van der Waals surface area contributed by atoms with E-state index in [9.17, 15) is 11.0 Å².